The highest BCUT2D eigenvalue weighted by Crippen LogP contribution is 2.43. The van der Waals surface area contributed by atoms with Crippen molar-refractivity contribution in [2.75, 3.05) is 26.7 Å². The topological polar surface area (TPSA) is 53.9 Å². The first-order valence-electron chi connectivity index (χ1n) is 9.14. The Morgan fingerprint density at radius 2 is 2.07 bits per heavy atom. The SMILES string of the molecule is CCOC(=O)[C@@H]1CCCN(C(=NC)NC2CC2c2c(F)cccc2F)C1.I. The van der Waals surface area contributed by atoms with Gasteiger partial charge in [0.2, 0.25) is 0 Å². The third-order valence-corrected chi connectivity index (χ3v) is 5.03. The van der Waals surface area contributed by atoms with Crippen LogP contribution in [0.4, 0.5) is 8.78 Å². The number of rotatable bonds is 4. The summed E-state index contributed by atoms with van der Waals surface area (Å²) in [4.78, 5) is 18.3. The van der Waals surface area contributed by atoms with E-state index in [2.05, 4.69) is 10.3 Å². The number of nitrogens with zero attached hydrogens (tertiary/aromatic N) is 2. The first kappa shape index (κ1) is 21.8. The number of ether oxygens (including phenoxy) is 1. The third-order valence-electron chi connectivity index (χ3n) is 5.03. The lowest BCUT2D eigenvalue weighted by Crippen LogP contribution is -2.49. The lowest BCUT2D eigenvalue weighted by atomic mass is 9.98. The van der Waals surface area contributed by atoms with Gasteiger partial charge in [0, 0.05) is 37.7 Å². The van der Waals surface area contributed by atoms with E-state index in [-0.39, 0.29) is 53.4 Å². The molecule has 0 amide bonds. The van der Waals surface area contributed by atoms with Crippen LogP contribution in [-0.4, -0.2) is 49.6 Å². The number of guanidine groups is 1. The maximum atomic E-state index is 13.9. The van der Waals surface area contributed by atoms with E-state index in [1.807, 2.05) is 4.90 Å². The summed E-state index contributed by atoms with van der Waals surface area (Å²) in [6.07, 6.45) is 2.34. The van der Waals surface area contributed by atoms with Gasteiger partial charge in [-0.2, -0.15) is 0 Å². The highest BCUT2D eigenvalue weighted by molar-refractivity contribution is 14.0. The summed E-state index contributed by atoms with van der Waals surface area (Å²) < 4.78 is 33.0. The Kier molecular flexibility index (Phi) is 7.81. The van der Waals surface area contributed by atoms with Crippen molar-refractivity contribution in [2.24, 2.45) is 10.9 Å². The van der Waals surface area contributed by atoms with Crippen LogP contribution in [0.2, 0.25) is 0 Å². The van der Waals surface area contributed by atoms with Crippen molar-refractivity contribution in [2.45, 2.75) is 38.1 Å². The minimum Gasteiger partial charge on any atom is -0.466 e. The van der Waals surface area contributed by atoms with Gasteiger partial charge in [-0.1, -0.05) is 6.07 Å². The van der Waals surface area contributed by atoms with Crippen LogP contribution in [0.3, 0.4) is 0 Å². The molecule has 0 aromatic heterocycles. The maximum Gasteiger partial charge on any atom is 0.310 e. The Morgan fingerprint density at radius 1 is 1.37 bits per heavy atom. The first-order chi connectivity index (χ1) is 12.5. The summed E-state index contributed by atoms with van der Waals surface area (Å²) in [6, 6.07) is 3.90. The number of benzene rings is 1. The van der Waals surface area contributed by atoms with Crippen molar-refractivity contribution in [3.63, 3.8) is 0 Å². The second kappa shape index (κ2) is 9.66. The van der Waals surface area contributed by atoms with E-state index in [1.54, 1.807) is 14.0 Å². The van der Waals surface area contributed by atoms with E-state index < -0.39 is 11.6 Å². The van der Waals surface area contributed by atoms with Gasteiger partial charge >= 0.3 is 5.97 Å². The molecule has 27 heavy (non-hydrogen) atoms. The second-order valence-electron chi connectivity index (χ2n) is 6.81. The number of likely N-dealkylation sites (tertiary alicyclic amines) is 1. The van der Waals surface area contributed by atoms with E-state index in [9.17, 15) is 13.6 Å². The number of halogens is 3. The highest BCUT2D eigenvalue weighted by atomic mass is 127. The average Bonchev–Trinajstić information content (AvgIpc) is 3.38. The number of aliphatic imine (C=N–C) groups is 1. The molecule has 150 valence electrons. The van der Waals surface area contributed by atoms with Crippen molar-refractivity contribution in [1.82, 2.24) is 10.2 Å². The van der Waals surface area contributed by atoms with Gasteiger partial charge in [0.15, 0.2) is 5.96 Å². The van der Waals surface area contributed by atoms with Crippen LogP contribution < -0.4 is 5.32 Å². The first-order valence-corrected chi connectivity index (χ1v) is 9.14. The zero-order chi connectivity index (χ0) is 18.7. The number of piperidine rings is 1. The predicted octanol–water partition coefficient (Wildman–Crippen LogP) is 3.29. The van der Waals surface area contributed by atoms with Gasteiger partial charge in [-0.3, -0.25) is 9.79 Å². The predicted molar refractivity (Wildman–Crippen MR) is 110 cm³/mol. The highest BCUT2D eigenvalue weighted by Gasteiger charge is 2.43. The lowest BCUT2D eigenvalue weighted by Gasteiger charge is -2.34. The molecule has 1 saturated heterocycles. The molecule has 3 rings (SSSR count). The molecule has 2 fully saturated rings. The summed E-state index contributed by atoms with van der Waals surface area (Å²) in [7, 11) is 1.68. The fraction of sp³-hybridized carbons (Fsp3) is 0.579. The van der Waals surface area contributed by atoms with Crippen molar-refractivity contribution in [3.05, 3.63) is 35.4 Å². The normalized spacial score (nSPS) is 24.8. The number of esters is 1. The Hall–Kier alpha value is -1.45. The van der Waals surface area contributed by atoms with Crippen LogP contribution in [0, 0.1) is 17.6 Å². The molecule has 1 aliphatic carbocycles. The van der Waals surface area contributed by atoms with Gasteiger partial charge in [0.25, 0.3) is 0 Å². The molecule has 0 bridgehead atoms. The van der Waals surface area contributed by atoms with Crippen LogP contribution in [0.1, 0.15) is 37.7 Å². The van der Waals surface area contributed by atoms with Gasteiger partial charge < -0.3 is 15.0 Å². The largest absolute Gasteiger partial charge is 0.466 e. The van der Waals surface area contributed by atoms with E-state index >= 15 is 0 Å². The number of carbonyl (C=O) groups excluding carboxylic acids is 1. The smallest absolute Gasteiger partial charge is 0.310 e. The molecular weight excluding hydrogens is 467 g/mol. The standard InChI is InChI=1S/C19H25F2N3O2.HI/c1-3-26-18(25)12-6-5-9-24(11-12)19(22-2)23-16-10-13(16)17-14(20)7-4-8-15(17)21;/h4,7-8,12-13,16H,3,5-6,9-11H2,1-2H3,(H,22,23);1H/t12-,13?,16?;/m1./s1. The third kappa shape index (κ3) is 5.08. The molecule has 1 N–H and O–H groups in total. The molecule has 8 heteroatoms. The second-order valence-corrected chi connectivity index (χ2v) is 6.81. The van der Waals surface area contributed by atoms with Crippen LogP contribution in [0.15, 0.2) is 23.2 Å². The van der Waals surface area contributed by atoms with Crippen molar-refractivity contribution >= 4 is 35.9 Å². The summed E-state index contributed by atoms with van der Waals surface area (Å²) >= 11 is 0. The molecule has 2 unspecified atom stereocenters. The zero-order valence-electron chi connectivity index (χ0n) is 15.6. The monoisotopic (exact) mass is 493 g/mol. The van der Waals surface area contributed by atoms with Gasteiger partial charge in [0.05, 0.1) is 12.5 Å². The number of hydrogen-bond acceptors (Lipinski definition) is 3. The summed E-state index contributed by atoms with van der Waals surface area (Å²) in [5.74, 6) is -0.877. The molecule has 5 nitrogen and oxygen atoms in total. The average molecular weight is 493 g/mol. The molecule has 2 aliphatic rings. The molecule has 3 atom stereocenters. The van der Waals surface area contributed by atoms with E-state index in [0.717, 1.165) is 19.4 Å². The van der Waals surface area contributed by atoms with E-state index in [4.69, 9.17) is 4.74 Å². The van der Waals surface area contributed by atoms with Crippen molar-refractivity contribution < 1.29 is 18.3 Å². The summed E-state index contributed by atoms with van der Waals surface area (Å²) in [5, 5.41) is 3.30. The molecule has 1 aromatic carbocycles. The van der Waals surface area contributed by atoms with Crippen LogP contribution in [0.25, 0.3) is 0 Å². The fourth-order valence-electron chi connectivity index (χ4n) is 3.62. The molecule has 0 spiro atoms. The van der Waals surface area contributed by atoms with Crippen LogP contribution in [-0.2, 0) is 9.53 Å². The summed E-state index contributed by atoms with van der Waals surface area (Å²) in [5.41, 5.74) is 0.142. The van der Waals surface area contributed by atoms with Crippen molar-refractivity contribution in [1.29, 1.82) is 0 Å². The van der Waals surface area contributed by atoms with Gasteiger partial charge in [-0.15, -0.1) is 24.0 Å². The molecule has 0 radical (unpaired) electrons. The maximum absolute atomic E-state index is 13.9. The minimum absolute atomic E-state index is 0. The summed E-state index contributed by atoms with van der Waals surface area (Å²) in [6.45, 7) is 3.51. The number of carbonyl (C=O) groups is 1. The van der Waals surface area contributed by atoms with Gasteiger partial charge in [-0.05, 0) is 38.3 Å². The minimum atomic E-state index is -0.505. The fourth-order valence-corrected chi connectivity index (χ4v) is 3.62. The quantitative estimate of drug-likeness (QED) is 0.303. The van der Waals surface area contributed by atoms with Crippen molar-refractivity contribution in [3.8, 4) is 0 Å². The molecule has 1 saturated carbocycles. The number of hydrogen-bond donors (Lipinski definition) is 1. The Morgan fingerprint density at radius 3 is 2.70 bits per heavy atom. The molecule has 1 aliphatic heterocycles. The molecule has 1 heterocycles. The van der Waals surface area contributed by atoms with Crippen LogP contribution >= 0.6 is 24.0 Å². The van der Waals surface area contributed by atoms with Gasteiger partial charge in [0.1, 0.15) is 11.6 Å². The lowest BCUT2D eigenvalue weighted by molar-refractivity contribution is -0.149. The van der Waals surface area contributed by atoms with Gasteiger partial charge in [-0.25, -0.2) is 8.78 Å². The molecule has 1 aromatic rings. The Balaban J connectivity index is 0.00000261. The van der Waals surface area contributed by atoms with E-state index in [0.29, 0.717) is 25.5 Å². The van der Waals surface area contributed by atoms with Crippen LogP contribution in [0.5, 0.6) is 0 Å². The van der Waals surface area contributed by atoms with E-state index in [1.165, 1.54) is 18.2 Å². The Labute approximate surface area is 175 Å². The Bertz CT molecular complexity index is 681. The number of nitrogens with one attached hydrogen (secondary N) is 1. The molecular formula is C19H26F2IN3O2. The zero-order valence-corrected chi connectivity index (χ0v) is 17.9.